The fourth-order valence-corrected chi connectivity index (χ4v) is 2.33. The van der Waals surface area contributed by atoms with Crippen LogP contribution in [0.5, 0.6) is 0 Å². The van der Waals surface area contributed by atoms with Gasteiger partial charge in [0.15, 0.2) is 0 Å². The SMILES string of the molecule is CNCCCc1ccn(C2CCCC2)n1. The average Bonchev–Trinajstić information content (AvgIpc) is 2.87. The lowest BCUT2D eigenvalue weighted by Gasteiger charge is -2.08. The van der Waals surface area contributed by atoms with Crippen LogP contribution in [0.3, 0.4) is 0 Å². The molecule has 1 fully saturated rings. The lowest BCUT2D eigenvalue weighted by molar-refractivity contribution is 0.462. The van der Waals surface area contributed by atoms with E-state index in [9.17, 15) is 0 Å². The van der Waals surface area contributed by atoms with E-state index in [1.54, 1.807) is 0 Å². The Bertz CT molecular complexity index is 287. The molecule has 0 atom stereocenters. The summed E-state index contributed by atoms with van der Waals surface area (Å²) in [6.45, 7) is 1.08. The van der Waals surface area contributed by atoms with Gasteiger partial charge in [0.1, 0.15) is 0 Å². The molecule has 0 saturated heterocycles. The predicted octanol–water partition coefficient (Wildman–Crippen LogP) is 2.15. The van der Waals surface area contributed by atoms with Crippen LogP contribution in [0.1, 0.15) is 43.8 Å². The topological polar surface area (TPSA) is 29.9 Å². The standard InChI is InChI=1S/C12H21N3/c1-13-9-4-5-11-8-10-15(14-11)12-6-2-3-7-12/h8,10,12-13H,2-7,9H2,1H3. The summed E-state index contributed by atoms with van der Waals surface area (Å²) in [7, 11) is 2.00. The molecule has 0 aliphatic heterocycles. The molecule has 0 bridgehead atoms. The summed E-state index contributed by atoms with van der Waals surface area (Å²) in [5.41, 5.74) is 1.25. The smallest absolute Gasteiger partial charge is 0.0625 e. The number of rotatable bonds is 5. The van der Waals surface area contributed by atoms with E-state index in [-0.39, 0.29) is 0 Å². The molecule has 3 heteroatoms. The second-order valence-electron chi connectivity index (χ2n) is 4.43. The van der Waals surface area contributed by atoms with E-state index in [0.717, 1.165) is 13.0 Å². The average molecular weight is 207 g/mol. The van der Waals surface area contributed by atoms with Crippen molar-refractivity contribution in [1.82, 2.24) is 15.1 Å². The van der Waals surface area contributed by atoms with E-state index < -0.39 is 0 Å². The summed E-state index contributed by atoms with van der Waals surface area (Å²) in [4.78, 5) is 0. The number of hydrogen-bond donors (Lipinski definition) is 1. The van der Waals surface area contributed by atoms with Gasteiger partial charge in [-0.3, -0.25) is 4.68 Å². The van der Waals surface area contributed by atoms with Gasteiger partial charge < -0.3 is 5.32 Å². The Balaban J connectivity index is 1.86. The van der Waals surface area contributed by atoms with Crippen LogP contribution in [0, 0.1) is 0 Å². The van der Waals surface area contributed by atoms with E-state index in [1.165, 1.54) is 37.8 Å². The van der Waals surface area contributed by atoms with Crippen LogP contribution < -0.4 is 5.32 Å². The molecular formula is C12H21N3. The first-order valence-corrected chi connectivity index (χ1v) is 6.09. The van der Waals surface area contributed by atoms with Crippen molar-refractivity contribution in [3.8, 4) is 0 Å². The normalized spacial score (nSPS) is 17.4. The maximum absolute atomic E-state index is 4.65. The monoisotopic (exact) mass is 207 g/mol. The van der Waals surface area contributed by atoms with Crippen molar-refractivity contribution < 1.29 is 0 Å². The van der Waals surface area contributed by atoms with Crippen LogP contribution in [0.15, 0.2) is 12.3 Å². The minimum Gasteiger partial charge on any atom is -0.320 e. The Morgan fingerprint density at radius 2 is 2.27 bits per heavy atom. The summed E-state index contributed by atoms with van der Waals surface area (Å²) in [5.74, 6) is 0. The van der Waals surface area contributed by atoms with E-state index in [1.807, 2.05) is 7.05 Å². The van der Waals surface area contributed by atoms with Gasteiger partial charge in [0.25, 0.3) is 0 Å². The Hall–Kier alpha value is -0.830. The Kier molecular flexibility index (Phi) is 3.78. The molecule has 0 spiro atoms. The van der Waals surface area contributed by atoms with Crippen molar-refractivity contribution in [2.75, 3.05) is 13.6 Å². The molecule has 0 aromatic carbocycles. The summed E-state index contributed by atoms with van der Waals surface area (Å²) in [6.07, 6.45) is 9.82. The summed E-state index contributed by atoms with van der Waals surface area (Å²) in [6, 6.07) is 2.86. The second kappa shape index (κ2) is 5.31. The number of hydrogen-bond acceptors (Lipinski definition) is 2. The third-order valence-electron chi connectivity index (χ3n) is 3.22. The van der Waals surface area contributed by atoms with E-state index in [4.69, 9.17) is 0 Å². The number of nitrogens with zero attached hydrogens (tertiary/aromatic N) is 2. The second-order valence-corrected chi connectivity index (χ2v) is 4.43. The zero-order valence-corrected chi connectivity index (χ0v) is 9.58. The molecule has 3 nitrogen and oxygen atoms in total. The Labute approximate surface area is 91.9 Å². The highest BCUT2D eigenvalue weighted by Crippen LogP contribution is 2.28. The molecule has 1 saturated carbocycles. The molecule has 84 valence electrons. The van der Waals surface area contributed by atoms with E-state index in [2.05, 4.69) is 27.4 Å². The molecular weight excluding hydrogens is 186 g/mol. The molecule has 15 heavy (non-hydrogen) atoms. The maximum Gasteiger partial charge on any atom is 0.0625 e. The fraction of sp³-hybridized carbons (Fsp3) is 0.750. The minimum atomic E-state index is 0.683. The highest BCUT2D eigenvalue weighted by molar-refractivity contribution is 5.00. The Morgan fingerprint density at radius 3 is 3.00 bits per heavy atom. The van der Waals surface area contributed by atoms with Crippen molar-refractivity contribution >= 4 is 0 Å². The van der Waals surface area contributed by atoms with Gasteiger partial charge in [-0.2, -0.15) is 5.10 Å². The van der Waals surface area contributed by atoms with Crippen molar-refractivity contribution in [1.29, 1.82) is 0 Å². The quantitative estimate of drug-likeness (QED) is 0.750. The van der Waals surface area contributed by atoms with Gasteiger partial charge in [0, 0.05) is 6.20 Å². The first-order chi connectivity index (χ1) is 7.40. The third-order valence-corrected chi connectivity index (χ3v) is 3.22. The van der Waals surface area contributed by atoms with Crippen LogP contribution >= 0.6 is 0 Å². The van der Waals surface area contributed by atoms with Gasteiger partial charge in [0.2, 0.25) is 0 Å². The van der Waals surface area contributed by atoms with Gasteiger partial charge >= 0.3 is 0 Å². The molecule has 1 aromatic heterocycles. The molecule has 0 amide bonds. The van der Waals surface area contributed by atoms with Crippen molar-refractivity contribution in [3.05, 3.63) is 18.0 Å². The van der Waals surface area contributed by atoms with Crippen LogP contribution in [0.25, 0.3) is 0 Å². The van der Waals surface area contributed by atoms with Gasteiger partial charge in [-0.15, -0.1) is 0 Å². The summed E-state index contributed by atoms with van der Waals surface area (Å²) >= 11 is 0. The van der Waals surface area contributed by atoms with Crippen LogP contribution in [-0.2, 0) is 6.42 Å². The summed E-state index contributed by atoms with van der Waals surface area (Å²) in [5, 5.41) is 7.82. The first-order valence-electron chi connectivity index (χ1n) is 6.09. The van der Waals surface area contributed by atoms with Crippen molar-refractivity contribution in [3.63, 3.8) is 0 Å². The molecule has 1 heterocycles. The largest absolute Gasteiger partial charge is 0.320 e. The molecule has 1 N–H and O–H groups in total. The highest BCUT2D eigenvalue weighted by Gasteiger charge is 2.17. The number of aromatic nitrogens is 2. The molecule has 1 aliphatic carbocycles. The van der Waals surface area contributed by atoms with Crippen LogP contribution in [0.4, 0.5) is 0 Å². The van der Waals surface area contributed by atoms with Gasteiger partial charge in [0.05, 0.1) is 11.7 Å². The zero-order valence-electron chi connectivity index (χ0n) is 9.58. The molecule has 2 rings (SSSR count). The van der Waals surface area contributed by atoms with Crippen molar-refractivity contribution in [2.24, 2.45) is 0 Å². The molecule has 1 aromatic rings. The van der Waals surface area contributed by atoms with Crippen LogP contribution in [-0.4, -0.2) is 23.4 Å². The zero-order chi connectivity index (χ0) is 10.5. The number of nitrogens with one attached hydrogen (secondary N) is 1. The highest BCUT2D eigenvalue weighted by atomic mass is 15.3. The first kappa shape index (κ1) is 10.7. The molecule has 1 aliphatic rings. The molecule has 0 unspecified atom stereocenters. The van der Waals surface area contributed by atoms with E-state index >= 15 is 0 Å². The van der Waals surface area contributed by atoms with Crippen LogP contribution in [0.2, 0.25) is 0 Å². The third kappa shape index (κ3) is 2.81. The summed E-state index contributed by atoms with van der Waals surface area (Å²) < 4.78 is 2.18. The number of aryl methyl sites for hydroxylation is 1. The molecule has 0 radical (unpaired) electrons. The lowest BCUT2D eigenvalue weighted by atomic mass is 10.2. The predicted molar refractivity (Wildman–Crippen MR) is 62.0 cm³/mol. The fourth-order valence-electron chi connectivity index (χ4n) is 2.33. The van der Waals surface area contributed by atoms with Gasteiger partial charge in [-0.05, 0) is 45.3 Å². The Morgan fingerprint density at radius 1 is 1.47 bits per heavy atom. The van der Waals surface area contributed by atoms with Crippen molar-refractivity contribution in [2.45, 2.75) is 44.6 Å². The van der Waals surface area contributed by atoms with Gasteiger partial charge in [-0.1, -0.05) is 12.8 Å². The maximum atomic E-state index is 4.65. The lowest BCUT2D eigenvalue weighted by Crippen LogP contribution is -2.09. The minimum absolute atomic E-state index is 0.683. The van der Waals surface area contributed by atoms with Gasteiger partial charge in [-0.25, -0.2) is 0 Å². The van der Waals surface area contributed by atoms with E-state index in [0.29, 0.717) is 6.04 Å².